The third kappa shape index (κ3) is 4.49. The van der Waals surface area contributed by atoms with Crippen molar-refractivity contribution in [1.82, 2.24) is 4.90 Å². The van der Waals surface area contributed by atoms with Gasteiger partial charge < -0.3 is 9.64 Å². The summed E-state index contributed by atoms with van der Waals surface area (Å²) in [5, 5.41) is 8.62. The highest BCUT2D eigenvalue weighted by Gasteiger charge is 2.28. The second-order valence-corrected chi connectivity index (χ2v) is 5.53. The number of likely N-dealkylation sites (tertiary alicyclic amines) is 1. The van der Waals surface area contributed by atoms with E-state index in [9.17, 15) is 4.79 Å². The van der Waals surface area contributed by atoms with Crippen LogP contribution in [0, 0.1) is 17.2 Å². The number of nitrogens with zero attached hydrogens (tertiary/aromatic N) is 2. The van der Waals surface area contributed by atoms with Gasteiger partial charge in [-0.3, -0.25) is 4.79 Å². The molecule has 1 aliphatic rings. The molecule has 1 aromatic rings. The molecule has 1 heterocycles. The monoisotopic (exact) mass is 286 g/mol. The molecule has 1 aliphatic heterocycles. The van der Waals surface area contributed by atoms with E-state index in [1.807, 2.05) is 29.2 Å². The second kappa shape index (κ2) is 7.68. The lowest BCUT2D eigenvalue weighted by Gasteiger charge is -2.17. The third-order valence-electron chi connectivity index (χ3n) is 3.83. The number of carbonyl (C=O) groups excluding carboxylic acids is 1. The summed E-state index contributed by atoms with van der Waals surface area (Å²) < 4.78 is 5.67. The summed E-state index contributed by atoms with van der Waals surface area (Å²) in [6.45, 7) is 4.20. The minimum Gasteiger partial charge on any atom is -0.492 e. The standard InChI is InChI=1S/C17H22N2O2/c1-2-3-15-12-17(20)19(13-15)10-11-21-16-6-4-14(5-7-16)8-9-18/h4-7,15H,2-3,8,10-13H2,1H3. The van der Waals surface area contributed by atoms with Crippen molar-refractivity contribution < 1.29 is 9.53 Å². The van der Waals surface area contributed by atoms with Crippen molar-refractivity contribution in [2.75, 3.05) is 19.7 Å². The molecule has 4 heteroatoms. The van der Waals surface area contributed by atoms with Crippen LogP contribution in [0.2, 0.25) is 0 Å². The van der Waals surface area contributed by atoms with Crippen LogP contribution in [0.5, 0.6) is 5.75 Å². The Morgan fingerprint density at radius 1 is 1.38 bits per heavy atom. The molecule has 1 fully saturated rings. The van der Waals surface area contributed by atoms with Crippen LogP contribution in [-0.4, -0.2) is 30.5 Å². The van der Waals surface area contributed by atoms with Crippen LogP contribution in [-0.2, 0) is 11.2 Å². The minimum atomic E-state index is 0.251. The Hall–Kier alpha value is -2.02. The normalized spacial score (nSPS) is 17.8. The summed E-state index contributed by atoms with van der Waals surface area (Å²) in [5.41, 5.74) is 0.988. The highest BCUT2D eigenvalue weighted by molar-refractivity contribution is 5.78. The SMILES string of the molecule is CCCC1CC(=O)N(CCOc2ccc(CC#N)cc2)C1. The Kier molecular flexibility index (Phi) is 5.62. The summed E-state index contributed by atoms with van der Waals surface area (Å²) >= 11 is 0. The fourth-order valence-electron chi connectivity index (χ4n) is 2.74. The summed E-state index contributed by atoms with van der Waals surface area (Å²) in [6.07, 6.45) is 3.37. The summed E-state index contributed by atoms with van der Waals surface area (Å²) in [5.74, 6) is 1.56. The number of amides is 1. The van der Waals surface area contributed by atoms with Gasteiger partial charge in [0.15, 0.2) is 0 Å². The Balaban J connectivity index is 1.74. The number of nitriles is 1. The molecule has 112 valence electrons. The molecular weight excluding hydrogens is 264 g/mol. The van der Waals surface area contributed by atoms with E-state index in [0.717, 1.165) is 30.7 Å². The van der Waals surface area contributed by atoms with Gasteiger partial charge in [0, 0.05) is 13.0 Å². The van der Waals surface area contributed by atoms with Gasteiger partial charge in [-0.25, -0.2) is 0 Å². The predicted octanol–water partition coefficient (Wildman–Crippen LogP) is 2.78. The van der Waals surface area contributed by atoms with E-state index in [4.69, 9.17) is 10.00 Å². The molecule has 4 nitrogen and oxygen atoms in total. The summed E-state index contributed by atoms with van der Waals surface area (Å²) in [4.78, 5) is 13.8. The quantitative estimate of drug-likeness (QED) is 0.774. The molecule has 0 aromatic heterocycles. The van der Waals surface area contributed by atoms with Crippen LogP contribution in [0.15, 0.2) is 24.3 Å². The molecule has 21 heavy (non-hydrogen) atoms. The van der Waals surface area contributed by atoms with Crippen molar-refractivity contribution in [1.29, 1.82) is 5.26 Å². The lowest BCUT2D eigenvalue weighted by Crippen LogP contribution is -2.29. The number of rotatable bonds is 7. The maximum atomic E-state index is 11.9. The molecule has 0 N–H and O–H groups in total. The highest BCUT2D eigenvalue weighted by Crippen LogP contribution is 2.22. The van der Waals surface area contributed by atoms with Crippen molar-refractivity contribution >= 4 is 5.91 Å². The van der Waals surface area contributed by atoms with E-state index >= 15 is 0 Å². The van der Waals surface area contributed by atoms with Gasteiger partial charge >= 0.3 is 0 Å². The van der Waals surface area contributed by atoms with E-state index < -0.39 is 0 Å². The van der Waals surface area contributed by atoms with E-state index in [1.165, 1.54) is 0 Å². The van der Waals surface area contributed by atoms with Gasteiger partial charge in [-0.05, 0) is 30.0 Å². The van der Waals surface area contributed by atoms with Gasteiger partial charge in [-0.1, -0.05) is 25.5 Å². The maximum absolute atomic E-state index is 11.9. The first-order chi connectivity index (χ1) is 10.2. The third-order valence-corrected chi connectivity index (χ3v) is 3.83. The first-order valence-corrected chi connectivity index (χ1v) is 7.59. The fraction of sp³-hybridized carbons (Fsp3) is 0.529. The molecular formula is C17H22N2O2. The van der Waals surface area contributed by atoms with Crippen molar-refractivity contribution in [2.24, 2.45) is 5.92 Å². The molecule has 0 aliphatic carbocycles. The van der Waals surface area contributed by atoms with Crippen molar-refractivity contribution in [3.8, 4) is 11.8 Å². The van der Waals surface area contributed by atoms with Crippen LogP contribution in [0.3, 0.4) is 0 Å². The molecule has 2 rings (SSSR count). The van der Waals surface area contributed by atoms with Crippen LogP contribution >= 0.6 is 0 Å². The Bertz CT molecular complexity index is 505. The first-order valence-electron chi connectivity index (χ1n) is 7.59. The summed E-state index contributed by atoms with van der Waals surface area (Å²) in [6, 6.07) is 9.66. The van der Waals surface area contributed by atoms with Gasteiger partial charge in [0.1, 0.15) is 12.4 Å². The number of carbonyl (C=O) groups is 1. The van der Waals surface area contributed by atoms with Crippen molar-refractivity contribution in [2.45, 2.75) is 32.6 Å². The molecule has 1 amide bonds. The molecule has 1 aromatic carbocycles. The van der Waals surface area contributed by atoms with Crippen molar-refractivity contribution in [3.63, 3.8) is 0 Å². The van der Waals surface area contributed by atoms with Gasteiger partial charge in [0.25, 0.3) is 0 Å². The Labute approximate surface area is 126 Å². The zero-order valence-electron chi connectivity index (χ0n) is 12.5. The molecule has 0 radical (unpaired) electrons. The average molecular weight is 286 g/mol. The number of hydrogen-bond donors (Lipinski definition) is 0. The maximum Gasteiger partial charge on any atom is 0.223 e. The van der Waals surface area contributed by atoms with E-state index in [0.29, 0.717) is 31.9 Å². The molecule has 0 saturated carbocycles. The van der Waals surface area contributed by atoms with Gasteiger partial charge in [0.2, 0.25) is 5.91 Å². The van der Waals surface area contributed by atoms with Gasteiger partial charge in [-0.15, -0.1) is 0 Å². The Morgan fingerprint density at radius 2 is 2.14 bits per heavy atom. The molecule has 1 unspecified atom stereocenters. The Morgan fingerprint density at radius 3 is 2.81 bits per heavy atom. The van der Waals surface area contributed by atoms with E-state index in [1.54, 1.807) is 0 Å². The lowest BCUT2D eigenvalue weighted by molar-refractivity contribution is -0.128. The first kappa shape index (κ1) is 15.4. The minimum absolute atomic E-state index is 0.251. The van der Waals surface area contributed by atoms with E-state index in [-0.39, 0.29) is 5.91 Å². The molecule has 1 atom stereocenters. The summed E-state index contributed by atoms with van der Waals surface area (Å²) in [7, 11) is 0. The van der Waals surface area contributed by atoms with Crippen LogP contribution < -0.4 is 4.74 Å². The second-order valence-electron chi connectivity index (χ2n) is 5.53. The lowest BCUT2D eigenvalue weighted by atomic mass is 10.0. The zero-order valence-corrected chi connectivity index (χ0v) is 12.5. The smallest absolute Gasteiger partial charge is 0.223 e. The number of ether oxygens (including phenoxy) is 1. The van der Waals surface area contributed by atoms with Gasteiger partial charge in [-0.2, -0.15) is 5.26 Å². The largest absolute Gasteiger partial charge is 0.492 e. The van der Waals surface area contributed by atoms with E-state index in [2.05, 4.69) is 13.0 Å². The highest BCUT2D eigenvalue weighted by atomic mass is 16.5. The zero-order chi connectivity index (χ0) is 15.1. The average Bonchev–Trinajstić information content (AvgIpc) is 2.82. The van der Waals surface area contributed by atoms with Gasteiger partial charge in [0.05, 0.1) is 19.0 Å². The van der Waals surface area contributed by atoms with Crippen LogP contribution in [0.25, 0.3) is 0 Å². The molecule has 1 saturated heterocycles. The number of hydrogen-bond acceptors (Lipinski definition) is 3. The molecule has 0 spiro atoms. The fourth-order valence-corrected chi connectivity index (χ4v) is 2.74. The predicted molar refractivity (Wildman–Crippen MR) is 80.8 cm³/mol. The van der Waals surface area contributed by atoms with Crippen LogP contribution in [0.4, 0.5) is 0 Å². The topological polar surface area (TPSA) is 53.3 Å². The number of benzene rings is 1. The molecule has 0 bridgehead atoms. The van der Waals surface area contributed by atoms with Crippen LogP contribution in [0.1, 0.15) is 31.7 Å². The van der Waals surface area contributed by atoms with Crippen molar-refractivity contribution in [3.05, 3.63) is 29.8 Å².